The van der Waals surface area contributed by atoms with Crippen molar-refractivity contribution in [2.24, 2.45) is 0 Å². The van der Waals surface area contributed by atoms with Crippen LogP contribution in [0.5, 0.6) is 0 Å². The van der Waals surface area contributed by atoms with Gasteiger partial charge in [0.25, 0.3) is 11.7 Å². The summed E-state index contributed by atoms with van der Waals surface area (Å²) in [5.74, 6) is -3.03. The van der Waals surface area contributed by atoms with E-state index in [1.807, 2.05) is 0 Å². The van der Waals surface area contributed by atoms with Crippen molar-refractivity contribution in [3.63, 3.8) is 0 Å². The fourth-order valence-corrected chi connectivity index (χ4v) is 3.41. The van der Waals surface area contributed by atoms with E-state index >= 15 is 0 Å². The van der Waals surface area contributed by atoms with E-state index in [-0.39, 0.29) is 17.0 Å². The molecule has 1 N–H and O–H groups in total. The second-order valence-corrected chi connectivity index (χ2v) is 6.56. The minimum absolute atomic E-state index is 0.114. The third-order valence-corrected chi connectivity index (χ3v) is 4.78. The van der Waals surface area contributed by atoms with Gasteiger partial charge in [0.1, 0.15) is 17.4 Å². The number of aliphatic hydroxyl groups is 1. The van der Waals surface area contributed by atoms with E-state index in [4.69, 9.17) is 0 Å². The van der Waals surface area contributed by atoms with Crippen LogP contribution in [0.1, 0.15) is 17.2 Å². The highest BCUT2D eigenvalue weighted by Crippen LogP contribution is 2.42. The molecule has 6 heteroatoms. The molecule has 1 unspecified atom stereocenters. The van der Waals surface area contributed by atoms with Crippen LogP contribution in [0, 0.1) is 11.6 Å². The van der Waals surface area contributed by atoms with E-state index in [0.29, 0.717) is 11.1 Å². The highest BCUT2D eigenvalue weighted by Gasteiger charge is 2.46. The van der Waals surface area contributed by atoms with Crippen LogP contribution in [0.25, 0.3) is 5.76 Å². The van der Waals surface area contributed by atoms with Crippen LogP contribution in [0.4, 0.5) is 14.5 Å². The first-order valence-electron chi connectivity index (χ1n) is 8.85. The summed E-state index contributed by atoms with van der Waals surface area (Å²) in [6.07, 6.45) is 0. The second kappa shape index (κ2) is 7.31. The van der Waals surface area contributed by atoms with Gasteiger partial charge in [-0.2, -0.15) is 0 Å². The van der Waals surface area contributed by atoms with E-state index in [9.17, 15) is 23.5 Å². The van der Waals surface area contributed by atoms with E-state index in [1.165, 1.54) is 53.4 Å². The fraction of sp³-hybridized carbons (Fsp3) is 0.0435. The van der Waals surface area contributed by atoms with Gasteiger partial charge < -0.3 is 5.11 Å². The molecule has 1 amide bonds. The minimum atomic E-state index is -0.985. The summed E-state index contributed by atoms with van der Waals surface area (Å²) in [5.41, 5.74) is 0.983. The lowest BCUT2D eigenvalue weighted by molar-refractivity contribution is -0.132. The van der Waals surface area contributed by atoms with Crippen LogP contribution >= 0.6 is 0 Å². The lowest BCUT2D eigenvalue weighted by Crippen LogP contribution is -2.29. The standard InChI is InChI=1S/C23H15F2NO3/c24-16-8-6-14(7-9-16)20-19(21(27)15-4-2-1-3-5-15)22(28)23(29)26(20)18-12-10-17(25)11-13-18/h1-13,20,27H/b21-19-. The number of hydrogen-bond acceptors (Lipinski definition) is 3. The van der Waals surface area contributed by atoms with Gasteiger partial charge in [-0.3, -0.25) is 14.5 Å². The molecule has 0 saturated carbocycles. The molecule has 4 nitrogen and oxygen atoms in total. The molecule has 0 aromatic heterocycles. The number of rotatable bonds is 3. The number of anilines is 1. The maximum Gasteiger partial charge on any atom is 0.300 e. The van der Waals surface area contributed by atoms with Gasteiger partial charge in [-0.1, -0.05) is 42.5 Å². The van der Waals surface area contributed by atoms with Crippen LogP contribution in [0.3, 0.4) is 0 Å². The summed E-state index contributed by atoms with van der Waals surface area (Å²) in [6.45, 7) is 0. The van der Waals surface area contributed by atoms with Gasteiger partial charge in [-0.05, 0) is 42.0 Å². The van der Waals surface area contributed by atoms with Crippen LogP contribution in [0.15, 0.2) is 84.4 Å². The van der Waals surface area contributed by atoms with Gasteiger partial charge in [0.2, 0.25) is 0 Å². The van der Waals surface area contributed by atoms with E-state index < -0.39 is 29.4 Å². The molecule has 0 spiro atoms. The third kappa shape index (κ3) is 3.29. The van der Waals surface area contributed by atoms with Crippen molar-refractivity contribution in [2.45, 2.75) is 6.04 Å². The zero-order chi connectivity index (χ0) is 20.5. The number of nitrogens with zero attached hydrogens (tertiary/aromatic N) is 1. The van der Waals surface area contributed by atoms with Crippen molar-refractivity contribution >= 4 is 23.1 Å². The Kier molecular flexibility index (Phi) is 4.68. The van der Waals surface area contributed by atoms with Crippen molar-refractivity contribution in [3.8, 4) is 0 Å². The number of carbonyl (C=O) groups is 2. The highest BCUT2D eigenvalue weighted by atomic mass is 19.1. The maximum atomic E-state index is 13.5. The molecular weight excluding hydrogens is 376 g/mol. The molecule has 3 aromatic carbocycles. The molecular formula is C23H15F2NO3. The number of ketones is 1. The van der Waals surface area contributed by atoms with E-state index in [1.54, 1.807) is 30.3 Å². The van der Waals surface area contributed by atoms with Gasteiger partial charge in [0.15, 0.2) is 0 Å². The van der Waals surface area contributed by atoms with Crippen molar-refractivity contribution in [2.75, 3.05) is 4.90 Å². The van der Waals surface area contributed by atoms with Crippen molar-refractivity contribution < 1.29 is 23.5 Å². The third-order valence-electron chi connectivity index (χ3n) is 4.78. The summed E-state index contributed by atoms with van der Waals surface area (Å²) in [5, 5.41) is 10.8. The molecule has 1 heterocycles. The van der Waals surface area contributed by atoms with E-state index in [2.05, 4.69) is 0 Å². The largest absolute Gasteiger partial charge is 0.507 e. The normalized spacial score (nSPS) is 18.3. The molecule has 1 saturated heterocycles. The predicted molar refractivity (Wildman–Crippen MR) is 104 cm³/mol. The highest BCUT2D eigenvalue weighted by molar-refractivity contribution is 6.51. The monoisotopic (exact) mass is 391 g/mol. The summed E-state index contributed by atoms with van der Waals surface area (Å²) in [7, 11) is 0. The van der Waals surface area contributed by atoms with Crippen LogP contribution in [-0.2, 0) is 9.59 Å². The lowest BCUT2D eigenvalue weighted by Gasteiger charge is -2.25. The summed E-state index contributed by atoms with van der Waals surface area (Å²) in [4.78, 5) is 26.9. The Labute approximate surface area is 165 Å². The molecule has 1 aliphatic heterocycles. The molecule has 1 aliphatic rings. The number of hydrogen-bond donors (Lipinski definition) is 1. The topological polar surface area (TPSA) is 57.6 Å². The Morgan fingerprint density at radius 1 is 0.793 bits per heavy atom. The molecule has 1 atom stereocenters. The second-order valence-electron chi connectivity index (χ2n) is 6.56. The quantitative estimate of drug-likeness (QED) is 0.404. The first-order chi connectivity index (χ1) is 14.0. The van der Waals surface area contributed by atoms with Gasteiger partial charge in [-0.15, -0.1) is 0 Å². The summed E-state index contributed by atoms with van der Waals surface area (Å²) in [6, 6.07) is 17.8. The molecule has 0 bridgehead atoms. The van der Waals surface area contributed by atoms with Crippen LogP contribution < -0.4 is 4.90 Å². The average molecular weight is 391 g/mol. The molecule has 1 fully saturated rings. The van der Waals surface area contributed by atoms with Crippen LogP contribution in [-0.4, -0.2) is 16.8 Å². The molecule has 3 aromatic rings. The first-order valence-corrected chi connectivity index (χ1v) is 8.85. The molecule has 144 valence electrons. The van der Waals surface area contributed by atoms with Gasteiger partial charge in [0.05, 0.1) is 11.6 Å². The zero-order valence-corrected chi connectivity index (χ0v) is 15.0. The summed E-state index contributed by atoms with van der Waals surface area (Å²) >= 11 is 0. The van der Waals surface area contributed by atoms with E-state index in [0.717, 1.165) is 0 Å². The van der Waals surface area contributed by atoms with Crippen LogP contribution in [0.2, 0.25) is 0 Å². The van der Waals surface area contributed by atoms with Gasteiger partial charge in [-0.25, -0.2) is 8.78 Å². The Morgan fingerprint density at radius 3 is 1.93 bits per heavy atom. The number of carbonyl (C=O) groups excluding carboxylic acids is 2. The molecule has 29 heavy (non-hydrogen) atoms. The lowest BCUT2D eigenvalue weighted by atomic mass is 9.95. The predicted octanol–water partition coefficient (Wildman–Crippen LogP) is 4.59. The van der Waals surface area contributed by atoms with Gasteiger partial charge in [0, 0.05) is 11.3 Å². The fourth-order valence-electron chi connectivity index (χ4n) is 3.41. The number of halogens is 2. The molecule has 0 radical (unpaired) electrons. The molecule has 4 rings (SSSR count). The smallest absolute Gasteiger partial charge is 0.300 e. The Morgan fingerprint density at radius 2 is 1.34 bits per heavy atom. The van der Waals surface area contributed by atoms with Gasteiger partial charge >= 0.3 is 0 Å². The SMILES string of the molecule is O=C1C(=O)N(c2ccc(F)cc2)C(c2ccc(F)cc2)/C1=C(/O)c1ccccc1. The zero-order valence-electron chi connectivity index (χ0n) is 15.0. The van der Waals surface area contributed by atoms with Crippen molar-refractivity contribution in [1.82, 2.24) is 0 Å². The Balaban J connectivity index is 1.94. The first kappa shape index (κ1) is 18.6. The number of aliphatic hydroxyl groups excluding tert-OH is 1. The summed E-state index contributed by atoms with van der Waals surface area (Å²) < 4.78 is 26.8. The number of benzene rings is 3. The van der Waals surface area contributed by atoms with Crippen molar-refractivity contribution in [3.05, 3.63) is 107 Å². The Hall–Kier alpha value is -3.80. The number of Topliss-reactive ketones (excluding diaryl/α,β-unsaturated/α-hetero) is 1. The minimum Gasteiger partial charge on any atom is -0.507 e. The molecule has 0 aliphatic carbocycles. The number of amides is 1. The average Bonchev–Trinajstić information content (AvgIpc) is 3.00. The maximum absolute atomic E-state index is 13.5. The van der Waals surface area contributed by atoms with Crippen molar-refractivity contribution in [1.29, 1.82) is 0 Å². The Bertz CT molecular complexity index is 1110.